The van der Waals surface area contributed by atoms with E-state index in [1.54, 1.807) is 0 Å². The third-order valence-electron chi connectivity index (χ3n) is 4.96. The van der Waals surface area contributed by atoms with Crippen molar-refractivity contribution in [2.45, 2.75) is 49.9 Å². The minimum atomic E-state index is -1.58. The summed E-state index contributed by atoms with van der Waals surface area (Å²) < 4.78 is 0. The Hall–Kier alpha value is -3.52. The highest BCUT2D eigenvalue weighted by atomic mass is 16.4. The van der Waals surface area contributed by atoms with Crippen molar-refractivity contribution in [2.75, 3.05) is 13.2 Å². The van der Waals surface area contributed by atoms with E-state index in [0.717, 1.165) is 4.90 Å². The molecule has 14 nitrogen and oxygen atoms in total. The first-order chi connectivity index (χ1) is 15.1. The standard InChI is InChI=1S/C18H26N6O8/c19-10(7-25)15(28)22-11(5-14(26)27)16(29)23-12(4-9-6-20-8-21-9)17(30)24-3-1-2-13(24)18(31)32/h6,8,10-13,25H,1-5,7,19H2,(H,20,21)(H,22,28)(H,23,29)(H,26,27)(H,31,32). The second-order valence-corrected chi connectivity index (χ2v) is 7.32. The average Bonchev–Trinajstić information content (AvgIpc) is 3.43. The van der Waals surface area contributed by atoms with E-state index >= 15 is 0 Å². The summed E-state index contributed by atoms with van der Waals surface area (Å²) in [6.45, 7) is -0.536. The van der Waals surface area contributed by atoms with Gasteiger partial charge in [-0.3, -0.25) is 19.2 Å². The van der Waals surface area contributed by atoms with Crippen LogP contribution in [-0.2, 0) is 30.4 Å². The highest BCUT2D eigenvalue weighted by Gasteiger charge is 2.38. The van der Waals surface area contributed by atoms with E-state index < -0.39 is 66.9 Å². The average molecular weight is 454 g/mol. The number of aliphatic carboxylic acids is 2. The van der Waals surface area contributed by atoms with Crippen molar-refractivity contribution >= 4 is 29.7 Å². The van der Waals surface area contributed by atoms with Crippen molar-refractivity contribution in [1.29, 1.82) is 0 Å². The minimum absolute atomic E-state index is 0.0721. The molecule has 0 bridgehead atoms. The molecule has 1 saturated heterocycles. The van der Waals surface area contributed by atoms with Crippen molar-refractivity contribution in [3.05, 3.63) is 18.2 Å². The monoisotopic (exact) mass is 454 g/mol. The number of aromatic nitrogens is 2. The molecule has 176 valence electrons. The number of nitrogens with zero attached hydrogens (tertiary/aromatic N) is 2. The van der Waals surface area contributed by atoms with E-state index in [-0.39, 0.29) is 19.4 Å². The number of likely N-dealkylation sites (tertiary alicyclic amines) is 1. The zero-order valence-corrected chi connectivity index (χ0v) is 17.1. The van der Waals surface area contributed by atoms with Crippen LogP contribution >= 0.6 is 0 Å². The van der Waals surface area contributed by atoms with Gasteiger partial charge < -0.3 is 41.6 Å². The minimum Gasteiger partial charge on any atom is -0.481 e. The van der Waals surface area contributed by atoms with E-state index in [4.69, 9.17) is 15.9 Å². The van der Waals surface area contributed by atoms with Gasteiger partial charge in [-0.15, -0.1) is 0 Å². The Morgan fingerprint density at radius 2 is 1.88 bits per heavy atom. The Morgan fingerprint density at radius 1 is 1.19 bits per heavy atom. The van der Waals surface area contributed by atoms with Gasteiger partial charge in [-0.1, -0.05) is 0 Å². The number of H-pyrrole nitrogens is 1. The Balaban J connectivity index is 2.22. The van der Waals surface area contributed by atoms with Crippen LogP contribution in [0.5, 0.6) is 0 Å². The molecule has 0 aliphatic carbocycles. The molecule has 1 aromatic rings. The van der Waals surface area contributed by atoms with Crippen molar-refractivity contribution in [3.63, 3.8) is 0 Å². The van der Waals surface area contributed by atoms with Crippen LogP contribution in [0.2, 0.25) is 0 Å². The number of carboxylic acids is 2. The van der Waals surface area contributed by atoms with Crippen LogP contribution in [0.1, 0.15) is 25.0 Å². The molecular weight excluding hydrogens is 428 g/mol. The highest BCUT2D eigenvalue weighted by Crippen LogP contribution is 2.19. The normalized spacial score (nSPS) is 18.4. The van der Waals surface area contributed by atoms with E-state index in [2.05, 4.69) is 20.6 Å². The molecule has 0 saturated carbocycles. The third kappa shape index (κ3) is 6.49. The van der Waals surface area contributed by atoms with Crippen molar-refractivity contribution in [3.8, 4) is 0 Å². The number of imidazole rings is 1. The number of nitrogens with two attached hydrogens (primary N) is 1. The summed E-state index contributed by atoms with van der Waals surface area (Å²) in [5, 5.41) is 32.0. The summed E-state index contributed by atoms with van der Waals surface area (Å²) in [5.41, 5.74) is 5.86. The molecule has 0 radical (unpaired) electrons. The van der Waals surface area contributed by atoms with Crippen LogP contribution in [-0.4, -0.2) is 97.2 Å². The summed E-state index contributed by atoms with van der Waals surface area (Å²) in [6, 6.07) is -5.24. The Morgan fingerprint density at radius 3 is 2.44 bits per heavy atom. The predicted octanol–water partition coefficient (Wildman–Crippen LogP) is -3.21. The molecule has 1 aliphatic rings. The van der Waals surface area contributed by atoms with E-state index in [1.165, 1.54) is 12.5 Å². The number of hydrogen-bond donors (Lipinski definition) is 7. The zero-order chi connectivity index (χ0) is 23.8. The van der Waals surface area contributed by atoms with Gasteiger partial charge in [0.05, 0.1) is 19.4 Å². The number of hydrogen-bond acceptors (Lipinski definition) is 8. The summed E-state index contributed by atoms with van der Waals surface area (Å²) in [7, 11) is 0. The SMILES string of the molecule is NC(CO)C(=O)NC(CC(=O)O)C(=O)NC(Cc1cnc[nH]1)C(=O)N1CCCC1C(=O)O. The Labute approximate surface area is 182 Å². The fraction of sp³-hybridized carbons (Fsp3) is 0.556. The van der Waals surface area contributed by atoms with Gasteiger partial charge >= 0.3 is 11.9 Å². The number of rotatable bonds is 11. The molecule has 4 unspecified atom stereocenters. The van der Waals surface area contributed by atoms with Gasteiger partial charge in [0, 0.05) is 24.9 Å². The number of carbonyl (C=O) groups is 5. The van der Waals surface area contributed by atoms with Gasteiger partial charge in [0.1, 0.15) is 24.2 Å². The number of carbonyl (C=O) groups excluding carboxylic acids is 3. The number of amides is 3. The van der Waals surface area contributed by atoms with Gasteiger partial charge in [0.2, 0.25) is 17.7 Å². The van der Waals surface area contributed by atoms with E-state index in [0.29, 0.717) is 12.1 Å². The van der Waals surface area contributed by atoms with Crippen molar-refractivity contribution in [2.24, 2.45) is 5.73 Å². The molecule has 14 heteroatoms. The summed E-state index contributed by atoms with van der Waals surface area (Å²) in [4.78, 5) is 68.3. The molecule has 8 N–H and O–H groups in total. The number of nitrogens with one attached hydrogen (secondary N) is 3. The van der Waals surface area contributed by atoms with Gasteiger partial charge in [-0.2, -0.15) is 0 Å². The zero-order valence-electron chi connectivity index (χ0n) is 17.1. The van der Waals surface area contributed by atoms with Crippen LogP contribution < -0.4 is 16.4 Å². The van der Waals surface area contributed by atoms with Gasteiger partial charge in [-0.05, 0) is 12.8 Å². The van der Waals surface area contributed by atoms with Gasteiger partial charge in [0.25, 0.3) is 0 Å². The van der Waals surface area contributed by atoms with Crippen molar-refractivity contribution < 1.29 is 39.3 Å². The summed E-state index contributed by atoms with van der Waals surface area (Å²) in [6.07, 6.45) is 2.65. The maximum atomic E-state index is 13.1. The van der Waals surface area contributed by atoms with Crippen LogP contribution in [0.4, 0.5) is 0 Å². The number of aliphatic hydroxyl groups excluding tert-OH is 1. The van der Waals surface area contributed by atoms with Crippen LogP contribution in [0.3, 0.4) is 0 Å². The van der Waals surface area contributed by atoms with Gasteiger partial charge in [0.15, 0.2) is 0 Å². The fourth-order valence-corrected chi connectivity index (χ4v) is 3.32. The van der Waals surface area contributed by atoms with Crippen LogP contribution in [0, 0.1) is 0 Å². The molecular formula is C18H26N6O8. The number of aliphatic hydroxyl groups is 1. The van der Waals surface area contributed by atoms with Crippen molar-refractivity contribution in [1.82, 2.24) is 25.5 Å². The predicted molar refractivity (Wildman–Crippen MR) is 106 cm³/mol. The van der Waals surface area contributed by atoms with Crippen LogP contribution in [0.15, 0.2) is 12.5 Å². The number of carboxylic acid groups (broad SMARTS) is 2. The van der Waals surface area contributed by atoms with Gasteiger partial charge in [-0.25, -0.2) is 9.78 Å². The second kappa shape index (κ2) is 11.2. The molecule has 1 aromatic heterocycles. The van der Waals surface area contributed by atoms with E-state index in [9.17, 15) is 29.1 Å². The molecule has 4 atom stereocenters. The summed E-state index contributed by atoms with van der Waals surface area (Å²) in [5.74, 6) is -5.16. The maximum Gasteiger partial charge on any atom is 0.326 e. The molecule has 3 amide bonds. The number of aromatic amines is 1. The lowest BCUT2D eigenvalue weighted by Crippen LogP contribution is -2.58. The lowest BCUT2D eigenvalue weighted by Gasteiger charge is -2.28. The topological polar surface area (TPSA) is 228 Å². The summed E-state index contributed by atoms with van der Waals surface area (Å²) >= 11 is 0. The lowest BCUT2D eigenvalue weighted by molar-refractivity contribution is -0.149. The largest absolute Gasteiger partial charge is 0.481 e. The molecule has 1 aliphatic heterocycles. The molecule has 2 heterocycles. The van der Waals surface area contributed by atoms with Crippen LogP contribution in [0.25, 0.3) is 0 Å². The first-order valence-electron chi connectivity index (χ1n) is 9.83. The lowest BCUT2D eigenvalue weighted by atomic mass is 10.1. The molecule has 32 heavy (non-hydrogen) atoms. The highest BCUT2D eigenvalue weighted by molar-refractivity contribution is 5.95. The first kappa shape index (κ1) is 24.7. The molecule has 1 fully saturated rings. The smallest absolute Gasteiger partial charge is 0.326 e. The fourth-order valence-electron chi connectivity index (χ4n) is 3.32. The third-order valence-corrected chi connectivity index (χ3v) is 4.96. The quantitative estimate of drug-likeness (QED) is 0.177. The molecule has 2 rings (SSSR count). The molecule has 0 aromatic carbocycles. The van der Waals surface area contributed by atoms with E-state index in [1.807, 2.05) is 0 Å². The second-order valence-electron chi connectivity index (χ2n) is 7.32. The first-order valence-corrected chi connectivity index (χ1v) is 9.83. The molecule has 0 spiro atoms. The Bertz CT molecular complexity index is 845. The Kier molecular flexibility index (Phi) is 8.66. The maximum absolute atomic E-state index is 13.1.